The Balaban J connectivity index is 1.16. The Morgan fingerprint density at radius 2 is 1.27 bits per heavy atom. The summed E-state index contributed by atoms with van der Waals surface area (Å²) in [5.41, 5.74) is 10.1. The van der Waals surface area contributed by atoms with Crippen LogP contribution < -0.4 is 18.9 Å². The maximum absolute atomic E-state index is 7.82. The minimum absolute atomic E-state index is 0.00181. The van der Waals surface area contributed by atoms with E-state index in [2.05, 4.69) is 97.1 Å². The zero-order valence-corrected chi connectivity index (χ0v) is 32.3. The quantitative estimate of drug-likeness (QED) is 0.175. The lowest BCUT2D eigenvalue weighted by atomic mass is 9.48. The second-order valence-electron chi connectivity index (χ2n) is 18.5. The monoisotopic (exact) mass is 726 g/mol. The van der Waals surface area contributed by atoms with Crippen LogP contribution in [-0.2, 0) is 16.4 Å². The first-order chi connectivity index (χ1) is 26.9. The molecule has 7 aliphatic carbocycles. The second-order valence-corrected chi connectivity index (χ2v) is 18.5. The lowest BCUT2D eigenvalue weighted by Gasteiger charge is -2.57. The van der Waals surface area contributed by atoms with Crippen LogP contribution in [0.25, 0.3) is 28.0 Å². The maximum Gasteiger partial charge on any atom is 0.178 e. The van der Waals surface area contributed by atoms with Crippen LogP contribution in [0.3, 0.4) is 0 Å². The predicted molar refractivity (Wildman–Crippen MR) is 218 cm³/mol. The SMILES string of the molecule is COc1ccc(C2(c3ccc(OC)cc3)C=Cc3c4c(c5cc(C67CC8CC(CC(C8)C6)C7)c(OC)cc5c3O2)-c2ccccc2C42CC3CCC2C3)cc1. The van der Waals surface area contributed by atoms with Gasteiger partial charge in [-0.3, -0.25) is 0 Å². The molecule has 0 aromatic heterocycles. The van der Waals surface area contributed by atoms with Crippen molar-refractivity contribution in [1.82, 2.24) is 0 Å². The highest BCUT2D eigenvalue weighted by molar-refractivity contribution is 6.09. The first-order valence-electron chi connectivity index (χ1n) is 20.9. The Morgan fingerprint density at radius 3 is 1.85 bits per heavy atom. The molecule has 8 aliphatic rings. The fourth-order valence-corrected chi connectivity index (χ4v) is 14.3. The number of benzene rings is 5. The van der Waals surface area contributed by atoms with Gasteiger partial charge in [-0.25, -0.2) is 0 Å². The zero-order valence-electron chi connectivity index (χ0n) is 32.3. The molecule has 0 N–H and O–H groups in total. The van der Waals surface area contributed by atoms with E-state index in [0.29, 0.717) is 5.92 Å². The van der Waals surface area contributed by atoms with Gasteiger partial charge in [-0.05, 0) is 163 Å². The first kappa shape index (κ1) is 32.5. The highest BCUT2D eigenvalue weighted by Gasteiger charge is 2.59. The summed E-state index contributed by atoms with van der Waals surface area (Å²) in [5.74, 6) is 7.64. The molecule has 0 radical (unpaired) electrons. The van der Waals surface area contributed by atoms with Crippen molar-refractivity contribution in [2.45, 2.75) is 80.6 Å². The van der Waals surface area contributed by atoms with Gasteiger partial charge in [0.1, 0.15) is 23.0 Å². The van der Waals surface area contributed by atoms with Gasteiger partial charge in [-0.1, -0.05) is 61.0 Å². The fraction of sp³-hybridized carbons (Fsp3) is 0.412. The Kier molecular flexibility index (Phi) is 6.76. The normalized spacial score (nSPS) is 31.0. The average Bonchev–Trinajstić information content (AvgIpc) is 3.92. The summed E-state index contributed by atoms with van der Waals surface area (Å²) in [6.07, 6.45) is 18.2. The van der Waals surface area contributed by atoms with E-state index in [1.165, 1.54) is 97.4 Å². The van der Waals surface area contributed by atoms with E-state index in [0.717, 1.165) is 63.2 Å². The fourth-order valence-electron chi connectivity index (χ4n) is 14.3. The van der Waals surface area contributed by atoms with Gasteiger partial charge >= 0.3 is 0 Å². The lowest BCUT2D eigenvalue weighted by molar-refractivity contribution is -0.00609. The van der Waals surface area contributed by atoms with Crippen LogP contribution in [0.4, 0.5) is 0 Å². The molecular weight excluding hydrogens is 677 g/mol. The van der Waals surface area contributed by atoms with Gasteiger partial charge in [0.15, 0.2) is 5.60 Å². The number of hydrogen-bond acceptors (Lipinski definition) is 4. The predicted octanol–water partition coefficient (Wildman–Crippen LogP) is 11.8. The molecule has 6 saturated carbocycles. The van der Waals surface area contributed by atoms with Crippen LogP contribution in [0.2, 0.25) is 0 Å². The van der Waals surface area contributed by atoms with Crippen molar-refractivity contribution in [3.8, 4) is 34.1 Å². The van der Waals surface area contributed by atoms with Crippen LogP contribution in [0, 0.1) is 29.6 Å². The van der Waals surface area contributed by atoms with Gasteiger partial charge in [-0.2, -0.15) is 0 Å². The topological polar surface area (TPSA) is 36.9 Å². The van der Waals surface area contributed by atoms with E-state index in [9.17, 15) is 0 Å². The number of methoxy groups -OCH3 is 3. The Labute approximate surface area is 324 Å². The number of hydrogen-bond donors (Lipinski definition) is 0. The number of fused-ring (bicyclic) bond motifs is 13. The highest BCUT2D eigenvalue weighted by Crippen LogP contribution is 2.70. The van der Waals surface area contributed by atoms with Crippen molar-refractivity contribution in [2.24, 2.45) is 29.6 Å². The van der Waals surface area contributed by atoms with E-state index >= 15 is 0 Å². The van der Waals surface area contributed by atoms with Gasteiger partial charge in [-0.15, -0.1) is 0 Å². The molecule has 3 atom stereocenters. The summed E-state index contributed by atoms with van der Waals surface area (Å²) in [6, 6.07) is 31.3. The Bertz CT molecular complexity index is 2340. The van der Waals surface area contributed by atoms with Gasteiger partial charge < -0.3 is 18.9 Å². The zero-order chi connectivity index (χ0) is 36.7. The molecule has 4 heteroatoms. The molecule has 55 heavy (non-hydrogen) atoms. The third-order valence-electron chi connectivity index (χ3n) is 16.0. The Morgan fingerprint density at radius 1 is 0.618 bits per heavy atom. The van der Waals surface area contributed by atoms with Crippen molar-refractivity contribution >= 4 is 16.8 Å². The van der Waals surface area contributed by atoms with Crippen LogP contribution in [0.5, 0.6) is 23.0 Å². The molecular formula is C51H50O4. The maximum atomic E-state index is 7.82. The molecule has 0 amide bonds. The molecule has 6 fully saturated rings. The summed E-state index contributed by atoms with van der Waals surface area (Å²) < 4.78 is 25.6. The molecule has 1 spiro atoms. The minimum Gasteiger partial charge on any atom is -0.497 e. The lowest BCUT2D eigenvalue weighted by Crippen LogP contribution is -2.48. The standard InChI is InChI=1S/C51H50O4/c1-52-37-14-10-34(11-15-37)51(35-12-16-38(53-2)17-13-35)19-18-40-47-46(39-6-4-5-7-43(39)50(47)29-30-8-9-36(50)23-30)41-24-44(45(54-3)25-42(41)48(40)55-51)49-26-31-20-32(27-49)22-33(21-31)28-49/h4-7,10-19,24-25,30-33,36H,8-9,20-23,26-29H2,1-3H3. The summed E-state index contributed by atoms with van der Waals surface area (Å²) in [5, 5.41) is 2.51. The van der Waals surface area contributed by atoms with E-state index in [-0.39, 0.29) is 10.8 Å². The molecule has 4 nitrogen and oxygen atoms in total. The summed E-state index contributed by atoms with van der Waals surface area (Å²) in [4.78, 5) is 0. The van der Waals surface area contributed by atoms with E-state index in [4.69, 9.17) is 18.9 Å². The van der Waals surface area contributed by atoms with Crippen molar-refractivity contribution < 1.29 is 18.9 Å². The molecule has 0 saturated heterocycles. The van der Waals surface area contributed by atoms with Crippen molar-refractivity contribution in [3.05, 3.63) is 124 Å². The molecule has 1 aliphatic heterocycles. The summed E-state index contributed by atoms with van der Waals surface area (Å²) in [6.45, 7) is 0. The smallest absolute Gasteiger partial charge is 0.178 e. The Hall–Kier alpha value is -4.70. The molecule has 13 rings (SSSR count). The van der Waals surface area contributed by atoms with Gasteiger partial charge in [0.05, 0.1) is 21.3 Å². The molecule has 3 unspecified atom stereocenters. The largest absolute Gasteiger partial charge is 0.497 e. The average molecular weight is 727 g/mol. The van der Waals surface area contributed by atoms with Crippen molar-refractivity contribution in [2.75, 3.05) is 21.3 Å². The first-order valence-corrected chi connectivity index (χ1v) is 20.9. The third-order valence-corrected chi connectivity index (χ3v) is 16.0. The summed E-state index contributed by atoms with van der Waals surface area (Å²) in [7, 11) is 5.34. The minimum atomic E-state index is -0.869. The van der Waals surface area contributed by atoms with Gasteiger partial charge in [0.2, 0.25) is 0 Å². The van der Waals surface area contributed by atoms with E-state index in [1.54, 1.807) is 19.8 Å². The second kappa shape index (κ2) is 11.4. The highest BCUT2D eigenvalue weighted by atomic mass is 16.5. The van der Waals surface area contributed by atoms with Crippen LogP contribution in [-0.4, -0.2) is 21.3 Å². The molecule has 1 heterocycles. The molecule has 6 bridgehead atoms. The van der Waals surface area contributed by atoms with Crippen LogP contribution in [0.15, 0.2) is 91.0 Å². The van der Waals surface area contributed by atoms with E-state index < -0.39 is 5.60 Å². The molecule has 5 aromatic rings. The van der Waals surface area contributed by atoms with E-state index in [1.807, 2.05) is 7.11 Å². The number of ether oxygens (including phenoxy) is 4. The molecule has 5 aromatic carbocycles. The van der Waals surface area contributed by atoms with Crippen LogP contribution in [0.1, 0.15) is 97.6 Å². The van der Waals surface area contributed by atoms with Crippen molar-refractivity contribution in [3.63, 3.8) is 0 Å². The summed E-state index contributed by atoms with van der Waals surface area (Å²) >= 11 is 0. The van der Waals surface area contributed by atoms with Crippen LogP contribution >= 0.6 is 0 Å². The van der Waals surface area contributed by atoms with Crippen molar-refractivity contribution in [1.29, 1.82) is 0 Å². The third kappa shape index (κ3) is 4.29. The molecule has 278 valence electrons. The number of rotatable bonds is 6. The van der Waals surface area contributed by atoms with Gasteiger partial charge in [0, 0.05) is 33.1 Å². The van der Waals surface area contributed by atoms with Gasteiger partial charge in [0.25, 0.3) is 0 Å².